The van der Waals surface area contributed by atoms with E-state index in [1.165, 1.54) is 22.3 Å². The summed E-state index contributed by atoms with van der Waals surface area (Å²) in [6.07, 6.45) is 0.188. The van der Waals surface area contributed by atoms with Crippen molar-refractivity contribution in [2.45, 2.75) is 25.3 Å². The van der Waals surface area contributed by atoms with Crippen LogP contribution in [0.15, 0.2) is 48.5 Å². The Bertz CT molecular complexity index is 649. The van der Waals surface area contributed by atoms with Gasteiger partial charge in [0.2, 0.25) is 0 Å². The van der Waals surface area contributed by atoms with Gasteiger partial charge in [-0.3, -0.25) is 0 Å². The quantitative estimate of drug-likeness (QED) is 0.891. The van der Waals surface area contributed by atoms with E-state index in [0.29, 0.717) is 13.0 Å². The summed E-state index contributed by atoms with van der Waals surface area (Å²) in [4.78, 5) is 11.9. The molecule has 0 aliphatic heterocycles. The number of hydrogen-bond acceptors (Lipinski definition) is 3. The Morgan fingerprint density at radius 1 is 1.13 bits per heavy atom. The third kappa shape index (κ3) is 3.08. The molecule has 0 bridgehead atoms. The van der Waals surface area contributed by atoms with Gasteiger partial charge < -0.3 is 15.2 Å². The van der Waals surface area contributed by atoms with Crippen LogP contribution in [0.25, 0.3) is 11.1 Å². The fourth-order valence-electron chi connectivity index (χ4n) is 3.08. The number of fused-ring (bicyclic) bond motifs is 3. The minimum atomic E-state index is -0.479. The molecule has 120 valence electrons. The highest BCUT2D eigenvalue weighted by atomic mass is 16.5. The molecule has 0 saturated heterocycles. The average Bonchev–Trinajstić information content (AvgIpc) is 2.92. The zero-order chi connectivity index (χ0) is 16.2. The van der Waals surface area contributed by atoms with Gasteiger partial charge in [-0.1, -0.05) is 55.5 Å². The third-order valence-corrected chi connectivity index (χ3v) is 4.38. The molecule has 0 heterocycles. The van der Waals surface area contributed by atoms with E-state index in [-0.39, 0.29) is 18.6 Å². The van der Waals surface area contributed by atoms with Gasteiger partial charge in [-0.05, 0) is 28.7 Å². The maximum atomic E-state index is 11.9. The number of aliphatic hydroxyl groups is 1. The van der Waals surface area contributed by atoms with E-state index < -0.39 is 6.09 Å². The van der Waals surface area contributed by atoms with Gasteiger partial charge >= 0.3 is 6.09 Å². The molecule has 0 radical (unpaired) electrons. The number of carbonyl (C=O) groups is 1. The van der Waals surface area contributed by atoms with E-state index in [2.05, 4.69) is 29.6 Å². The predicted octanol–water partition coefficient (Wildman–Crippen LogP) is 3.30. The Labute approximate surface area is 136 Å². The largest absolute Gasteiger partial charge is 0.449 e. The molecule has 2 N–H and O–H groups in total. The van der Waals surface area contributed by atoms with Gasteiger partial charge in [0.15, 0.2) is 0 Å². The molecule has 1 aliphatic rings. The Morgan fingerprint density at radius 2 is 1.70 bits per heavy atom. The number of ether oxygens (including phenoxy) is 1. The number of benzene rings is 2. The maximum Gasteiger partial charge on any atom is 0.407 e. The van der Waals surface area contributed by atoms with Crippen LogP contribution in [0.4, 0.5) is 4.79 Å². The summed E-state index contributed by atoms with van der Waals surface area (Å²) >= 11 is 0. The molecule has 23 heavy (non-hydrogen) atoms. The molecule has 1 atom stereocenters. The highest BCUT2D eigenvalue weighted by Crippen LogP contribution is 2.44. The van der Waals surface area contributed by atoms with Crippen molar-refractivity contribution in [2.24, 2.45) is 0 Å². The highest BCUT2D eigenvalue weighted by Gasteiger charge is 2.29. The van der Waals surface area contributed by atoms with E-state index in [1.807, 2.05) is 31.2 Å². The smallest absolute Gasteiger partial charge is 0.407 e. The molecule has 1 aliphatic carbocycles. The van der Waals surface area contributed by atoms with Gasteiger partial charge in [-0.25, -0.2) is 4.79 Å². The van der Waals surface area contributed by atoms with Crippen LogP contribution in [0.3, 0.4) is 0 Å². The number of amides is 1. The molecule has 1 unspecified atom stereocenters. The number of nitrogens with one attached hydrogen (secondary N) is 1. The minimum absolute atomic E-state index is 0.0577. The van der Waals surface area contributed by atoms with Crippen LogP contribution in [0.2, 0.25) is 0 Å². The summed E-state index contributed by atoms with van der Waals surface area (Å²) in [7, 11) is 0. The zero-order valence-corrected chi connectivity index (χ0v) is 13.2. The zero-order valence-electron chi connectivity index (χ0n) is 13.2. The number of rotatable bonds is 5. The first-order valence-electron chi connectivity index (χ1n) is 7.97. The van der Waals surface area contributed by atoms with Gasteiger partial charge in [-0.15, -0.1) is 0 Å². The van der Waals surface area contributed by atoms with Crippen molar-refractivity contribution in [1.29, 1.82) is 0 Å². The van der Waals surface area contributed by atoms with Gasteiger partial charge in [0.1, 0.15) is 6.61 Å². The lowest BCUT2D eigenvalue weighted by atomic mass is 9.98. The summed E-state index contributed by atoms with van der Waals surface area (Å²) in [6, 6.07) is 16.2. The van der Waals surface area contributed by atoms with Crippen LogP contribution in [0.1, 0.15) is 30.4 Å². The van der Waals surface area contributed by atoms with E-state index >= 15 is 0 Å². The van der Waals surface area contributed by atoms with Crippen molar-refractivity contribution >= 4 is 6.09 Å². The Hall–Kier alpha value is -2.33. The molecule has 4 nitrogen and oxygen atoms in total. The van der Waals surface area contributed by atoms with Gasteiger partial charge in [-0.2, -0.15) is 0 Å². The normalized spacial score (nSPS) is 14.0. The number of aliphatic hydroxyl groups excluding tert-OH is 1. The van der Waals surface area contributed by atoms with Crippen molar-refractivity contribution in [2.75, 3.05) is 13.2 Å². The average molecular weight is 311 g/mol. The van der Waals surface area contributed by atoms with Crippen LogP contribution in [-0.2, 0) is 4.74 Å². The summed E-state index contributed by atoms with van der Waals surface area (Å²) in [5.41, 5.74) is 4.80. The molecule has 0 aromatic heterocycles. The monoisotopic (exact) mass is 311 g/mol. The fourth-order valence-corrected chi connectivity index (χ4v) is 3.08. The van der Waals surface area contributed by atoms with Crippen LogP contribution in [0.5, 0.6) is 0 Å². The summed E-state index contributed by atoms with van der Waals surface area (Å²) in [5, 5.41) is 11.8. The second-order valence-electron chi connectivity index (χ2n) is 5.76. The van der Waals surface area contributed by atoms with Crippen LogP contribution < -0.4 is 5.32 Å². The SMILES string of the molecule is CCC(CO)NC(=O)OCC1c2ccccc2-c2ccccc21. The van der Waals surface area contributed by atoms with Crippen molar-refractivity contribution in [1.82, 2.24) is 5.32 Å². The summed E-state index contributed by atoms with van der Waals surface area (Å²) in [5.74, 6) is 0.0577. The van der Waals surface area contributed by atoms with Gasteiger partial charge in [0, 0.05) is 5.92 Å². The molecule has 2 aromatic rings. The number of hydrogen-bond donors (Lipinski definition) is 2. The summed E-state index contributed by atoms with van der Waals surface area (Å²) < 4.78 is 5.41. The second kappa shape index (κ2) is 6.84. The predicted molar refractivity (Wildman–Crippen MR) is 89.4 cm³/mol. The molecule has 0 saturated carbocycles. The Kier molecular flexibility index (Phi) is 4.63. The first-order valence-corrected chi connectivity index (χ1v) is 7.97. The highest BCUT2D eigenvalue weighted by molar-refractivity contribution is 5.79. The standard InChI is InChI=1S/C19H21NO3/c1-2-13(11-21)20-19(22)23-12-18-16-9-5-3-7-14(16)15-8-4-6-10-17(15)18/h3-10,13,18,21H,2,11-12H2,1H3,(H,20,22). The van der Waals surface area contributed by atoms with Crippen molar-refractivity contribution in [3.63, 3.8) is 0 Å². The molecule has 0 fully saturated rings. The number of carbonyl (C=O) groups excluding carboxylic acids is 1. The molecule has 2 aromatic carbocycles. The Balaban J connectivity index is 1.75. The van der Waals surface area contributed by atoms with Crippen LogP contribution >= 0.6 is 0 Å². The molecule has 0 spiro atoms. The second-order valence-corrected chi connectivity index (χ2v) is 5.76. The maximum absolute atomic E-state index is 11.9. The lowest BCUT2D eigenvalue weighted by Crippen LogP contribution is -2.37. The summed E-state index contributed by atoms with van der Waals surface area (Å²) in [6.45, 7) is 2.12. The molecule has 3 rings (SSSR count). The number of alkyl carbamates (subject to hydrolysis) is 1. The third-order valence-electron chi connectivity index (χ3n) is 4.38. The van der Waals surface area contributed by atoms with Crippen molar-refractivity contribution in [3.8, 4) is 11.1 Å². The van der Waals surface area contributed by atoms with E-state index in [9.17, 15) is 4.79 Å². The van der Waals surface area contributed by atoms with E-state index in [1.54, 1.807) is 0 Å². The molecule has 1 amide bonds. The van der Waals surface area contributed by atoms with E-state index in [0.717, 1.165) is 0 Å². The van der Waals surface area contributed by atoms with Crippen LogP contribution in [0, 0.1) is 0 Å². The Morgan fingerprint density at radius 3 is 2.22 bits per heavy atom. The lowest BCUT2D eigenvalue weighted by Gasteiger charge is -2.17. The minimum Gasteiger partial charge on any atom is -0.449 e. The first kappa shape index (κ1) is 15.6. The van der Waals surface area contributed by atoms with E-state index in [4.69, 9.17) is 9.84 Å². The van der Waals surface area contributed by atoms with Gasteiger partial charge in [0.05, 0.1) is 12.6 Å². The van der Waals surface area contributed by atoms with Crippen LogP contribution in [-0.4, -0.2) is 30.5 Å². The molecule has 4 heteroatoms. The fraction of sp³-hybridized carbons (Fsp3) is 0.316. The first-order chi connectivity index (χ1) is 11.2. The molecular weight excluding hydrogens is 290 g/mol. The van der Waals surface area contributed by atoms with Crippen molar-refractivity contribution < 1.29 is 14.6 Å². The molecular formula is C19H21NO3. The topological polar surface area (TPSA) is 58.6 Å². The lowest BCUT2D eigenvalue weighted by molar-refractivity contribution is 0.132. The van der Waals surface area contributed by atoms with Crippen molar-refractivity contribution in [3.05, 3.63) is 59.7 Å². The van der Waals surface area contributed by atoms with Gasteiger partial charge in [0.25, 0.3) is 0 Å².